The predicted octanol–water partition coefficient (Wildman–Crippen LogP) is 3.99. The van der Waals surface area contributed by atoms with Crippen molar-refractivity contribution in [1.82, 2.24) is 9.97 Å². The molecule has 0 aliphatic rings. The second kappa shape index (κ2) is 9.71. The lowest BCUT2D eigenvalue weighted by Gasteiger charge is -2.10. The number of hydrogen-bond acceptors (Lipinski definition) is 5. The summed E-state index contributed by atoms with van der Waals surface area (Å²) in [6.07, 6.45) is 0. The van der Waals surface area contributed by atoms with Crippen molar-refractivity contribution in [3.63, 3.8) is 0 Å². The third-order valence-electron chi connectivity index (χ3n) is 4.22. The van der Waals surface area contributed by atoms with Gasteiger partial charge in [0.25, 0.3) is 5.91 Å². The summed E-state index contributed by atoms with van der Waals surface area (Å²) in [7, 11) is 0. The molecule has 3 rings (SSSR count). The fourth-order valence-corrected chi connectivity index (χ4v) is 2.57. The fraction of sp³-hybridized carbons (Fsp3) is 0.217. The van der Waals surface area contributed by atoms with E-state index in [9.17, 15) is 9.59 Å². The van der Waals surface area contributed by atoms with Crippen molar-refractivity contribution < 1.29 is 14.3 Å². The first-order valence-corrected chi connectivity index (χ1v) is 9.43. The molecule has 2 aromatic carbocycles. The van der Waals surface area contributed by atoms with Gasteiger partial charge in [-0.25, -0.2) is 9.97 Å². The Bertz CT molecular complexity index is 915. The summed E-state index contributed by atoms with van der Waals surface area (Å²) in [5, 5.41) is 2.74. The average Bonchev–Trinajstić information content (AvgIpc) is 2.74. The molecule has 1 heterocycles. The third-order valence-corrected chi connectivity index (χ3v) is 4.22. The van der Waals surface area contributed by atoms with Gasteiger partial charge in [0.2, 0.25) is 0 Å². The number of aromatic nitrogens is 2. The predicted molar refractivity (Wildman–Crippen MR) is 112 cm³/mol. The maximum absolute atomic E-state index is 12.3. The molecule has 0 saturated carbocycles. The molecule has 6 nitrogen and oxygen atoms in total. The van der Waals surface area contributed by atoms with E-state index in [0.29, 0.717) is 17.3 Å². The van der Waals surface area contributed by atoms with Crippen LogP contribution in [0, 0.1) is 5.92 Å². The van der Waals surface area contributed by atoms with Crippen molar-refractivity contribution in [2.75, 3.05) is 18.5 Å². The SMILES string of the molecule is CC(C)C(=O)COCC(=O)Nc1cc(-c2ccccc2)nc(-c2ccccc2)n1. The number of nitrogens with one attached hydrogen (secondary N) is 1. The molecule has 148 valence electrons. The minimum Gasteiger partial charge on any atom is -0.364 e. The maximum atomic E-state index is 12.3. The first-order chi connectivity index (χ1) is 14.0. The normalized spacial score (nSPS) is 10.7. The second-order valence-electron chi connectivity index (χ2n) is 6.86. The van der Waals surface area contributed by atoms with Crippen LogP contribution in [0.2, 0.25) is 0 Å². The molecule has 0 atom stereocenters. The van der Waals surface area contributed by atoms with Crippen molar-refractivity contribution in [1.29, 1.82) is 0 Å². The van der Waals surface area contributed by atoms with Gasteiger partial charge >= 0.3 is 0 Å². The zero-order valence-electron chi connectivity index (χ0n) is 16.5. The van der Waals surface area contributed by atoms with Gasteiger partial charge < -0.3 is 10.1 Å². The summed E-state index contributed by atoms with van der Waals surface area (Å²) in [4.78, 5) is 33.0. The summed E-state index contributed by atoms with van der Waals surface area (Å²) in [5.74, 6) is 0.345. The second-order valence-corrected chi connectivity index (χ2v) is 6.86. The smallest absolute Gasteiger partial charge is 0.251 e. The van der Waals surface area contributed by atoms with E-state index in [1.807, 2.05) is 60.7 Å². The molecular weight excluding hydrogens is 366 g/mol. The van der Waals surface area contributed by atoms with E-state index in [-0.39, 0.29) is 30.8 Å². The van der Waals surface area contributed by atoms with Crippen LogP contribution in [0.15, 0.2) is 66.7 Å². The quantitative estimate of drug-likeness (QED) is 0.630. The molecule has 29 heavy (non-hydrogen) atoms. The van der Waals surface area contributed by atoms with Crippen LogP contribution in [0.1, 0.15) is 13.8 Å². The van der Waals surface area contributed by atoms with Crippen LogP contribution in [0.3, 0.4) is 0 Å². The minimum absolute atomic E-state index is 0.0439. The third kappa shape index (κ3) is 5.80. The van der Waals surface area contributed by atoms with Crippen molar-refractivity contribution in [3.8, 4) is 22.6 Å². The average molecular weight is 389 g/mol. The number of carbonyl (C=O) groups excluding carboxylic acids is 2. The molecule has 0 spiro atoms. The molecule has 3 aromatic rings. The molecular formula is C23H23N3O3. The molecule has 0 radical (unpaired) electrons. The number of ether oxygens (including phenoxy) is 1. The van der Waals surface area contributed by atoms with Crippen LogP contribution in [0.25, 0.3) is 22.6 Å². The molecule has 0 aliphatic heterocycles. The number of amides is 1. The Morgan fingerprint density at radius 1 is 0.897 bits per heavy atom. The van der Waals surface area contributed by atoms with E-state index in [1.165, 1.54) is 0 Å². The van der Waals surface area contributed by atoms with Crippen LogP contribution in [-0.2, 0) is 14.3 Å². The first-order valence-electron chi connectivity index (χ1n) is 9.43. The number of benzene rings is 2. The molecule has 0 unspecified atom stereocenters. The van der Waals surface area contributed by atoms with E-state index in [2.05, 4.69) is 15.3 Å². The molecule has 1 aromatic heterocycles. The molecule has 1 N–H and O–H groups in total. The van der Waals surface area contributed by atoms with Gasteiger partial charge in [-0.05, 0) is 0 Å². The van der Waals surface area contributed by atoms with Gasteiger partial charge in [0.15, 0.2) is 11.6 Å². The van der Waals surface area contributed by atoms with E-state index < -0.39 is 0 Å². The van der Waals surface area contributed by atoms with Crippen molar-refractivity contribution in [2.24, 2.45) is 5.92 Å². The molecule has 0 fully saturated rings. The Morgan fingerprint density at radius 3 is 2.14 bits per heavy atom. The van der Waals surface area contributed by atoms with Gasteiger partial charge in [-0.2, -0.15) is 0 Å². The molecule has 0 saturated heterocycles. The number of Topliss-reactive ketones (excluding diaryl/α,β-unsaturated/α-hetero) is 1. The fourth-order valence-electron chi connectivity index (χ4n) is 2.57. The van der Waals surface area contributed by atoms with Gasteiger partial charge in [-0.3, -0.25) is 9.59 Å². The monoisotopic (exact) mass is 389 g/mol. The summed E-state index contributed by atoms with van der Waals surface area (Å²) in [6.45, 7) is 3.29. The maximum Gasteiger partial charge on any atom is 0.251 e. The Hall–Kier alpha value is -3.38. The molecule has 0 aliphatic carbocycles. The van der Waals surface area contributed by atoms with Crippen LogP contribution in [0.5, 0.6) is 0 Å². The van der Waals surface area contributed by atoms with E-state index in [0.717, 1.165) is 11.1 Å². The number of nitrogens with zero attached hydrogens (tertiary/aromatic N) is 2. The highest BCUT2D eigenvalue weighted by atomic mass is 16.5. The standard InChI is InChI=1S/C23H23N3O3/c1-16(2)20(27)14-29-15-22(28)25-21-13-19(17-9-5-3-6-10-17)24-23(26-21)18-11-7-4-8-12-18/h3-13,16H,14-15H2,1-2H3,(H,24,25,26,28). The van der Waals surface area contributed by atoms with E-state index >= 15 is 0 Å². The number of hydrogen-bond donors (Lipinski definition) is 1. The van der Waals surface area contributed by atoms with Crippen molar-refractivity contribution >= 4 is 17.5 Å². The Kier molecular flexibility index (Phi) is 6.81. The minimum atomic E-state index is -0.377. The van der Waals surface area contributed by atoms with Crippen molar-refractivity contribution in [2.45, 2.75) is 13.8 Å². The van der Waals surface area contributed by atoms with Gasteiger partial charge in [-0.1, -0.05) is 74.5 Å². The lowest BCUT2D eigenvalue weighted by atomic mass is 10.1. The number of rotatable bonds is 8. The summed E-state index contributed by atoms with van der Waals surface area (Å²) < 4.78 is 5.22. The highest BCUT2D eigenvalue weighted by Gasteiger charge is 2.12. The first kappa shape index (κ1) is 20.4. The molecule has 0 bridgehead atoms. The molecule has 1 amide bonds. The van der Waals surface area contributed by atoms with E-state index in [4.69, 9.17) is 4.74 Å². The van der Waals surface area contributed by atoms with Gasteiger partial charge in [0.05, 0.1) is 5.69 Å². The summed E-state index contributed by atoms with van der Waals surface area (Å²) in [5.41, 5.74) is 2.46. The highest BCUT2D eigenvalue weighted by molar-refractivity contribution is 5.92. The van der Waals surface area contributed by atoms with E-state index in [1.54, 1.807) is 19.9 Å². The van der Waals surface area contributed by atoms with Crippen molar-refractivity contribution in [3.05, 3.63) is 66.7 Å². The number of ketones is 1. The zero-order chi connectivity index (χ0) is 20.6. The topological polar surface area (TPSA) is 81.2 Å². The Labute approximate surface area is 170 Å². The van der Waals surface area contributed by atoms with Crippen LogP contribution < -0.4 is 5.32 Å². The Morgan fingerprint density at radius 2 is 1.52 bits per heavy atom. The highest BCUT2D eigenvalue weighted by Crippen LogP contribution is 2.24. The van der Waals surface area contributed by atoms with Gasteiger partial charge in [0.1, 0.15) is 19.0 Å². The largest absolute Gasteiger partial charge is 0.364 e. The zero-order valence-corrected chi connectivity index (χ0v) is 16.5. The lowest BCUT2D eigenvalue weighted by Crippen LogP contribution is -2.23. The van der Waals surface area contributed by atoms with Gasteiger partial charge in [-0.15, -0.1) is 0 Å². The van der Waals surface area contributed by atoms with Gasteiger partial charge in [0, 0.05) is 23.1 Å². The lowest BCUT2D eigenvalue weighted by molar-refractivity contribution is -0.129. The number of carbonyl (C=O) groups is 2. The Balaban J connectivity index is 1.80. The van der Waals surface area contributed by atoms with Crippen LogP contribution >= 0.6 is 0 Å². The molecule has 6 heteroatoms. The van der Waals surface area contributed by atoms with Crippen LogP contribution in [-0.4, -0.2) is 34.9 Å². The van der Waals surface area contributed by atoms with Crippen LogP contribution in [0.4, 0.5) is 5.82 Å². The summed E-state index contributed by atoms with van der Waals surface area (Å²) in [6, 6.07) is 21.0. The summed E-state index contributed by atoms with van der Waals surface area (Å²) >= 11 is 0. The number of anilines is 1.